The van der Waals surface area contributed by atoms with Crippen molar-refractivity contribution < 1.29 is 0 Å². The largest absolute Gasteiger partial charge is 0.336 e. The van der Waals surface area contributed by atoms with E-state index in [4.69, 9.17) is 5.73 Å². The molecule has 0 saturated heterocycles. The average molecular weight is 264 g/mol. The number of nitrogens with zero attached hydrogens (tertiary/aromatic N) is 2. The summed E-state index contributed by atoms with van der Waals surface area (Å²) in [5.41, 5.74) is 6.56. The molecular weight excluding hydrogens is 244 g/mol. The molecule has 0 spiro atoms. The number of hydrogen-bond acceptors (Lipinski definition) is 4. The predicted octanol–water partition coefficient (Wildman–Crippen LogP) is 1.76. The minimum absolute atomic E-state index is 0.651. The van der Waals surface area contributed by atoms with Gasteiger partial charge in [-0.1, -0.05) is 6.92 Å². The molecule has 0 aromatic carbocycles. The summed E-state index contributed by atoms with van der Waals surface area (Å²) >= 11 is 1.88. The van der Waals surface area contributed by atoms with E-state index >= 15 is 0 Å². The number of hydrogen-bond donors (Lipinski definition) is 2. The van der Waals surface area contributed by atoms with Crippen molar-refractivity contribution >= 4 is 11.3 Å². The lowest BCUT2D eigenvalue weighted by atomic mass is 10.3. The van der Waals surface area contributed by atoms with E-state index in [-0.39, 0.29) is 0 Å². The molecule has 2 heterocycles. The summed E-state index contributed by atoms with van der Waals surface area (Å²) in [6.07, 6.45) is 5.00. The van der Waals surface area contributed by atoms with E-state index in [0.717, 1.165) is 31.7 Å². The van der Waals surface area contributed by atoms with Crippen molar-refractivity contribution in [1.82, 2.24) is 14.9 Å². The molecule has 0 aliphatic carbocycles. The maximum absolute atomic E-state index is 5.50. The monoisotopic (exact) mass is 264 g/mol. The number of rotatable bonds is 7. The van der Waals surface area contributed by atoms with Crippen molar-refractivity contribution in [3.8, 4) is 0 Å². The van der Waals surface area contributed by atoms with Crippen LogP contribution in [-0.2, 0) is 26.1 Å². The summed E-state index contributed by atoms with van der Waals surface area (Å²) in [4.78, 5) is 7.16. The molecule has 0 aliphatic rings. The predicted molar refractivity (Wildman–Crippen MR) is 75.5 cm³/mol. The highest BCUT2D eigenvalue weighted by Crippen LogP contribution is 2.16. The highest BCUT2D eigenvalue weighted by Gasteiger charge is 2.00. The summed E-state index contributed by atoms with van der Waals surface area (Å²) in [6.45, 7) is 5.38. The molecule has 0 saturated carbocycles. The first kappa shape index (κ1) is 13.3. The van der Waals surface area contributed by atoms with Gasteiger partial charge in [0.25, 0.3) is 0 Å². The molecule has 3 N–H and O–H groups in total. The molecule has 0 radical (unpaired) electrons. The molecule has 2 aromatic heterocycles. The number of nitrogens with two attached hydrogens (primary N) is 1. The van der Waals surface area contributed by atoms with Gasteiger partial charge in [0.1, 0.15) is 0 Å². The lowest BCUT2D eigenvalue weighted by Gasteiger charge is -2.00. The minimum atomic E-state index is 0.651. The Morgan fingerprint density at radius 3 is 2.89 bits per heavy atom. The summed E-state index contributed by atoms with van der Waals surface area (Å²) in [6, 6.07) is 4.40. The second-order valence-corrected chi connectivity index (χ2v) is 5.47. The van der Waals surface area contributed by atoms with Gasteiger partial charge in [-0.2, -0.15) is 0 Å². The first-order valence-electron chi connectivity index (χ1n) is 6.31. The van der Waals surface area contributed by atoms with Gasteiger partial charge in [0.15, 0.2) is 0 Å². The van der Waals surface area contributed by atoms with Gasteiger partial charge >= 0.3 is 0 Å². The molecule has 0 unspecified atom stereocenters. The van der Waals surface area contributed by atoms with Gasteiger partial charge in [0.2, 0.25) is 0 Å². The zero-order valence-corrected chi connectivity index (χ0v) is 11.5. The molecular formula is C13H20N4S. The third-order valence-electron chi connectivity index (χ3n) is 2.75. The minimum Gasteiger partial charge on any atom is -0.336 e. The van der Waals surface area contributed by atoms with Gasteiger partial charge in [-0.3, -0.25) is 0 Å². The number of nitrogens with one attached hydrogen (secondary N) is 1. The summed E-state index contributed by atoms with van der Waals surface area (Å²) in [5.74, 6) is 0. The van der Waals surface area contributed by atoms with Crippen LogP contribution in [0.25, 0.3) is 0 Å². The van der Waals surface area contributed by atoms with Gasteiger partial charge in [0.05, 0.1) is 12.0 Å². The molecule has 98 valence electrons. The third kappa shape index (κ3) is 3.66. The molecule has 2 rings (SSSR count). The topological polar surface area (TPSA) is 55.9 Å². The summed E-state index contributed by atoms with van der Waals surface area (Å²) in [7, 11) is 0. The molecule has 18 heavy (non-hydrogen) atoms. The van der Waals surface area contributed by atoms with Crippen LogP contribution >= 0.6 is 11.3 Å². The van der Waals surface area contributed by atoms with Crippen LogP contribution in [0.4, 0.5) is 0 Å². The van der Waals surface area contributed by atoms with Crippen LogP contribution in [0.3, 0.4) is 0 Å². The number of aromatic nitrogens is 2. The van der Waals surface area contributed by atoms with Crippen LogP contribution in [0.5, 0.6) is 0 Å². The van der Waals surface area contributed by atoms with Gasteiger partial charge in [-0.25, -0.2) is 4.98 Å². The van der Waals surface area contributed by atoms with Crippen molar-refractivity contribution in [2.75, 3.05) is 6.54 Å². The molecule has 0 aliphatic heterocycles. The van der Waals surface area contributed by atoms with E-state index in [9.17, 15) is 0 Å². The van der Waals surface area contributed by atoms with E-state index in [1.54, 1.807) is 0 Å². The van der Waals surface area contributed by atoms with E-state index in [1.165, 1.54) is 9.75 Å². The second-order valence-electron chi connectivity index (χ2n) is 4.22. The van der Waals surface area contributed by atoms with Crippen molar-refractivity contribution in [3.05, 3.63) is 40.1 Å². The normalized spacial score (nSPS) is 11.0. The van der Waals surface area contributed by atoms with Crippen molar-refractivity contribution in [2.45, 2.75) is 33.0 Å². The van der Waals surface area contributed by atoms with Gasteiger partial charge in [-0.05, 0) is 18.6 Å². The van der Waals surface area contributed by atoms with Crippen molar-refractivity contribution in [2.24, 2.45) is 5.73 Å². The van der Waals surface area contributed by atoms with E-state index < -0.39 is 0 Å². The van der Waals surface area contributed by atoms with E-state index in [1.807, 2.05) is 28.4 Å². The lowest BCUT2D eigenvalue weighted by molar-refractivity contribution is 0.683. The van der Waals surface area contributed by atoms with E-state index in [0.29, 0.717) is 6.54 Å². The van der Waals surface area contributed by atoms with Crippen molar-refractivity contribution in [1.29, 1.82) is 0 Å². The van der Waals surface area contributed by atoms with Crippen LogP contribution in [0, 0.1) is 0 Å². The molecule has 0 fully saturated rings. The fraction of sp³-hybridized carbons (Fsp3) is 0.462. The first-order valence-corrected chi connectivity index (χ1v) is 7.12. The number of thiophene rings is 1. The Balaban J connectivity index is 1.77. The Bertz CT molecular complexity index is 475. The smallest absolute Gasteiger partial charge is 0.0950 e. The van der Waals surface area contributed by atoms with Crippen LogP contribution in [-0.4, -0.2) is 16.1 Å². The molecule has 0 amide bonds. The van der Waals surface area contributed by atoms with Crippen molar-refractivity contribution in [3.63, 3.8) is 0 Å². The second kappa shape index (κ2) is 6.68. The van der Waals surface area contributed by atoms with Gasteiger partial charge < -0.3 is 15.6 Å². The maximum atomic E-state index is 5.50. The highest BCUT2D eigenvalue weighted by molar-refractivity contribution is 7.11. The van der Waals surface area contributed by atoms with Crippen LogP contribution in [0.2, 0.25) is 0 Å². The third-order valence-corrected chi connectivity index (χ3v) is 3.97. The Morgan fingerprint density at radius 1 is 1.33 bits per heavy atom. The van der Waals surface area contributed by atoms with Crippen LogP contribution in [0.1, 0.15) is 22.4 Å². The molecule has 4 nitrogen and oxygen atoms in total. The van der Waals surface area contributed by atoms with Crippen LogP contribution in [0.15, 0.2) is 24.7 Å². The zero-order valence-electron chi connectivity index (χ0n) is 10.7. The summed E-state index contributed by atoms with van der Waals surface area (Å²) in [5, 5.41) is 3.41. The Labute approximate surface area is 112 Å². The molecule has 0 bridgehead atoms. The quantitative estimate of drug-likeness (QED) is 0.801. The fourth-order valence-electron chi connectivity index (χ4n) is 1.79. The highest BCUT2D eigenvalue weighted by atomic mass is 32.1. The van der Waals surface area contributed by atoms with Gasteiger partial charge in [0, 0.05) is 42.1 Å². The standard InChI is InChI=1S/C13H20N4S/c1-2-12-3-4-13(18-12)8-15-7-11-9-17(6-5-14)10-16-11/h3-4,9-10,15H,2,5-8,14H2,1H3. The SMILES string of the molecule is CCc1ccc(CNCc2cn(CCN)cn2)s1. The Kier molecular flexibility index (Phi) is 4.92. The van der Waals surface area contributed by atoms with Crippen LogP contribution < -0.4 is 11.1 Å². The summed E-state index contributed by atoms with van der Waals surface area (Å²) < 4.78 is 2.03. The molecule has 5 heteroatoms. The molecule has 2 aromatic rings. The number of imidazole rings is 1. The number of aryl methyl sites for hydroxylation is 1. The molecule has 0 atom stereocenters. The van der Waals surface area contributed by atoms with E-state index in [2.05, 4.69) is 29.4 Å². The Morgan fingerprint density at radius 2 is 2.17 bits per heavy atom. The van der Waals surface area contributed by atoms with Gasteiger partial charge in [-0.15, -0.1) is 11.3 Å². The Hall–Kier alpha value is -1.17. The first-order chi connectivity index (χ1) is 8.81. The maximum Gasteiger partial charge on any atom is 0.0950 e. The lowest BCUT2D eigenvalue weighted by Crippen LogP contribution is -2.12. The zero-order chi connectivity index (χ0) is 12.8. The average Bonchev–Trinajstić information content (AvgIpc) is 2.99. The fourth-order valence-corrected chi connectivity index (χ4v) is 2.72.